The highest BCUT2D eigenvalue weighted by Crippen LogP contribution is 2.28. The second-order valence-electron chi connectivity index (χ2n) is 26.8. The molecule has 0 unspecified atom stereocenters. The third kappa shape index (κ3) is 57.2. The quantitative estimate of drug-likeness (QED) is 0.0321. The highest BCUT2D eigenvalue weighted by atomic mass is 16.6. The van der Waals surface area contributed by atoms with Gasteiger partial charge in [-0.3, -0.25) is 28.8 Å². The first-order valence-corrected chi connectivity index (χ1v) is 38.0. The molecule has 13 nitrogen and oxygen atoms in total. The van der Waals surface area contributed by atoms with Crippen LogP contribution in [-0.4, -0.2) is 88.7 Å². The third-order valence-electron chi connectivity index (χ3n) is 17.5. The van der Waals surface area contributed by atoms with Crippen molar-refractivity contribution in [2.45, 2.75) is 388 Å². The maximum atomic E-state index is 13.7. The Labute approximate surface area is 547 Å². The van der Waals surface area contributed by atoms with E-state index in [0.717, 1.165) is 116 Å². The van der Waals surface area contributed by atoms with Gasteiger partial charge in [-0.05, 0) is 38.5 Å². The van der Waals surface area contributed by atoms with Crippen molar-refractivity contribution < 1.29 is 61.9 Å². The van der Waals surface area contributed by atoms with Crippen LogP contribution in [0.4, 0.5) is 0 Å². The van der Waals surface area contributed by atoms with Crippen LogP contribution < -0.4 is 0 Å². The second-order valence-corrected chi connectivity index (χ2v) is 26.8. The fourth-order valence-corrected chi connectivity index (χ4v) is 11.2. The molecular weight excluding hydrogens is 1120 g/mol. The summed E-state index contributed by atoms with van der Waals surface area (Å²) in [6, 6.07) is 0. The molecule has 0 aromatic heterocycles. The molecule has 89 heavy (non-hydrogen) atoms. The maximum absolute atomic E-state index is 13.7. The van der Waals surface area contributed by atoms with E-state index in [1.165, 1.54) is 154 Å². The van der Waals surface area contributed by atoms with Crippen LogP contribution in [0.25, 0.3) is 0 Å². The van der Waals surface area contributed by atoms with E-state index in [1.807, 2.05) is 0 Å². The van der Waals surface area contributed by atoms with Crippen molar-refractivity contribution in [1.29, 1.82) is 0 Å². The Balaban J connectivity index is 7.09. The van der Waals surface area contributed by atoms with Gasteiger partial charge in [-0.2, -0.15) is 0 Å². The minimum Gasteiger partial charge on any atom is -0.465 e. The molecule has 0 fully saturated rings. The van der Waals surface area contributed by atoms with Crippen LogP contribution >= 0.6 is 0 Å². The molecule has 0 aliphatic carbocycles. The number of hydrogen-bond acceptors (Lipinski definition) is 13. The first-order chi connectivity index (χ1) is 43.4. The van der Waals surface area contributed by atoms with Crippen molar-refractivity contribution in [2.24, 2.45) is 10.8 Å². The molecule has 0 bridgehead atoms. The van der Waals surface area contributed by atoms with Gasteiger partial charge in [-0.1, -0.05) is 311 Å². The van der Waals surface area contributed by atoms with Crippen LogP contribution in [0.15, 0.2) is 0 Å². The van der Waals surface area contributed by atoms with Gasteiger partial charge in [-0.15, -0.1) is 0 Å². The number of esters is 6. The monoisotopic (exact) mass is 1260 g/mol. The molecule has 0 spiro atoms. The van der Waals surface area contributed by atoms with Crippen molar-refractivity contribution in [1.82, 2.24) is 0 Å². The SMILES string of the molecule is CCCCCCCCCCC(=O)OCC(COCC(COC(=O)CCCCCCCCCC)(COC(=O)CCCCCCCCCC)COC(=O)CCCCCCCCCC)(COC(=O)CCCCCCCCCC)COC(=O)CCCCCCCCCC. The van der Waals surface area contributed by atoms with Gasteiger partial charge in [0, 0.05) is 38.5 Å². The maximum Gasteiger partial charge on any atom is 0.305 e. The zero-order chi connectivity index (χ0) is 65.3. The largest absolute Gasteiger partial charge is 0.465 e. The summed E-state index contributed by atoms with van der Waals surface area (Å²) in [5.74, 6) is -2.41. The minimum absolute atomic E-state index is 0.213. The molecule has 0 saturated heterocycles. The topological polar surface area (TPSA) is 167 Å². The standard InChI is InChI=1S/C76H142O13/c1-7-13-19-25-31-37-43-49-55-69(77)84-63-75(64-85-70(78)56-50-44-38-32-26-20-14-8-2,65-86-71(79)57-51-45-39-33-27-21-15-9-3)61-83-62-76(66-87-72(80)58-52-46-40-34-28-22-16-10-4,67-88-73(81)59-53-47-41-35-29-23-17-11-5)68-89-74(82)60-54-48-42-36-30-24-18-12-6/h7-68H2,1-6H3. The van der Waals surface area contributed by atoms with Crippen LogP contribution in [0.5, 0.6) is 0 Å². The van der Waals surface area contributed by atoms with E-state index in [1.54, 1.807) is 0 Å². The number of carbonyl (C=O) groups excluding carboxylic acids is 6. The molecule has 0 rings (SSSR count). The van der Waals surface area contributed by atoms with Crippen LogP contribution in [-0.2, 0) is 61.9 Å². The van der Waals surface area contributed by atoms with E-state index < -0.39 is 46.6 Å². The van der Waals surface area contributed by atoms with Crippen molar-refractivity contribution in [3.05, 3.63) is 0 Å². The van der Waals surface area contributed by atoms with Gasteiger partial charge >= 0.3 is 35.8 Å². The van der Waals surface area contributed by atoms with Gasteiger partial charge in [0.05, 0.1) is 24.0 Å². The van der Waals surface area contributed by atoms with Crippen molar-refractivity contribution in [3.8, 4) is 0 Å². The normalized spacial score (nSPS) is 11.7. The van der Waals surface area contributed by atoms with Gasteiger partial charge in [-0.25, -0.2) is 0 Å². The van der Waals surface area contributed by atoms with E-state index in [2.05, 4.69) is 41.5 Å². The smallest absolute Gasteiger partial charge is 0.305 e. The molecular formula is C76H142O13. The Bertz CT molecular complexity index is 1340. The van der Waals surface area contributed by atoms with Gasteiger partial charge < -0.3 is 33.2 Å². The molecule has 13 heteroatoms. The second kappa shape index (κ2) is 64.9. The third-order valence-corrected chi connectivity index (χ3v) is 17.5. The van der Waals surface area contributed by atoms with Crippen molar-refractivity contribution in [3.63, 3.8) is 0 Å². The first kappa shape index (κ1) is 85.8. The van der Waals surface area contributed by atoms with Gasteiger partial charge in [0.2, 0.25) is 0 Å². The molecule has 0 aliphatic heterocycles. The summed E-state index contributed by atoms with van der Waals surface area (Å²) in [7, 11) is 0. The Morgan fingerprint density at radius 2 is 0.303 bits per heavy atom. The molecule has 0 saturated carbocycles. The average molecular weight is 1260 g/mol. The summed E-state index contributed by atoms with van der Waals surface area (Å²) in [6.45, 7) is 11.2. The van der Waals surface area contributed by atoms with E-state index in [0.29, 0.717) is 38.5 Å². The molecule has 0 heterocycles. The molecule has 0 aromatic carbocycles. The molecule has 0 atom stereocenters. The summed E-state index contributed by atoms with van der Waals surface area (Å²) >= 11 is 0. The molecule has 524 valence electrons. The lowest BCUT2D eigenvalue weighted by molar-refractivity contribution is -0.175. The van der Waals surface area contributed by atoms with E-state index in [9.17, 15) is 28.8 Å². The predicted octanol–water partition coefficient (Wildman–Crippen LogP) is 21.4. The highest BCUT2D eigenvalue weighted by Gasteiger charge is 2.41. The van der Waals surface area contributed by atoms with Crippen LogP contribution in [0.1, 0.15) is 388 Å². The van der Waals surface area contributed by atoms with Gasteiger partial charge in [0.15, 0.2) is 0 Å². The highest BCUT2D eigenvalue weighted by molar-refractivity contribution is 5.71. The van der Waals surface area contributed by atoms with Gasteiger partial charge in [0.25, 0.3) is 0 Å². The van der Waals surface area contributed by atoms with E-state index in [-0.39, 0.29) is 91.4 Å². The van der Waals surface area contributed by atoms with E-state index >= 15 is 0 Å². The molecule has 0 N–H and O–H groups in total. The summed E-state index contributed by atoms with van der Waals surface area (Å²) in [5.41, 5.74) is -2.70. The minimum atomic E-state index is -1.35. The van der Waals surface area contributed by atoms with Gasteiger partial charge in [0.1, 0.15) is 39.6 Å². The zero-order valence-electron chi connectivity index (χ0n) is 59.1. The Morgan fingerprint density at radius 3 is 0.438 bits per heavy atom. The number of ether oxygens (including phenoxy) is 7. The molecule has 0 aliphatic rings. The predicted molar refractivity (Wildman–Crippen MR) is 365 cm³/mol. The zero-order valence-corrected chi connectivity index (χ0v) is 59.1. The summed E-state index contributed by atoms with van der Waals surface area (Å²) < 4.78 is 43.2. The Hall–Kier alpha value is -3.22. The van der Waals surface area contributed by atoms with Crippen LogP contribution in [0, 0.1) is 10.8 Å². The number of unbranched alkanes of at least 4 members (excludes halogenated alkanes) is 42. The van der Waals surface area contributed by atoms with E-state index in [4.69, 9.17) is 33.2 Å². The number of rotatable bonds is 70. The Morgan fingerprint density at radius 1 is 0.180 bits per heavy atom. The summed E-state index contributed by atoms with van der Waals surface area (Å²) in [5, 5.41) is 0. The lowest BCUT2D eigenvalue weighted by Gasteiger charge is -2.35. The molecule has 0 aromatic rings. The van der Waals surface area contributed by atoms with Crippen molar-refractivity contribution >= 4 is 35.8 Å². The number of hydrogen-bond donors (Lipinski definition) is 0. The fourth-order valence-electron chi connectivity index (χ4n) is 11.2. The fraction of sp³-hybridized carbons (Fsp3) is 0.921. The molecule has 0 radical (unpaired) electrons. The van der Waals surface area contributed by atoms with Crippen molar-refractivity contribution in [2.75, 3.05) is 52.9 Å². The first-order valence-electron chi connectivity index (χ1n) is 38.0. The lowest BCUT2D eigenvalue weighted by atomic mass is 9.90. The summed E-state index contributed by atoms with van der Waals surface area (Å²) in [6.07, 6.45) is 52.7. The number of carbonyl (C=O) groups is 6. The molecule has 0 amide bonds. The Kier molecular flexibility index (Phi) is 62.5. The lowest BCUT2D eigenvalue weighted by Crippen LogP contribution is -2.47. The summed E-state index contributed by atoms with van der Waals surface area (Å²) in [4.78, 5) is 82.0. The average Bonchev–Trinajstić information content (AvgIpc) is 3.68. The van der Waals surface area contributed by atoms with Crippen LogP contribution in [0.2, 0.25) is 0 Å². The van der Waals surface area contributed by atoms with Crippen LogP contribution in [0.3, 0.4) is 0 Å².